The third-order valence-corrected chi connectivity index (χ3v) is 3.69. The number of ether oxygens (including phenoxy) is 1. The Balaban J connectivity index is 2.62. The first kappa shape index (κ1) is 13.4. The van der Waals surface area contributed by atoms with E-state index >= 15 is 0 Å². The van der Waals surface area contributed by atoms with Crippen LogP contribution in [0.5, 0.6) is 5.75 Å². The van der Waals surface area contributed by atoms with Crippen molar-refractivity contribution in [1.29, 1.82) is 0 Å². The van der Waals surface area contributed by atoms with E-state index in [0.29, 0.717) is 6.54 Å². The molecule has 1 atom stereocenters. The average molecular weight is 241 g/mol. The standard InChI is InChI=1S/C12H19NO2S/c1-15-11-5-2-4-10(8-11)12(9-13)16-7-3-6-14/h2,4-5,8,12,14H,3,6-7,9,13H2,1H3. The maximum atomic E-state index is 8.74. The van der Waals surface area contributed by atoms with E-state index in [-0.39, 0.29) is 11.9 Å². The lowest BCUT2D eigenvalue weighted by atomic mass is 10.1. The first-order valence-corrected chi connectivity index (χ1v) is 6.43. The Bertz CT molecular complexity index is 307. The van der Waals surface area contributed by atoms with Crippen LogP contribution in [-0.2, 0) is 0 Å². The third-order valence-electron chi connectivity index (χ3n) is 2.30. The second-order valence-corrected chi connectivity index (χ2v) is 4.76. The fourth-order valence-electron chi connectivity index (χ4n) is 1.43. The molecule has 3 N–H and O–H groups in total. The average Bonchev–Trinajstić information content (AvgIpc) is 2.35. The van der Waals surface area contributed by atoms with Crippen molar-refractivity contribution in [2.45, 2.75) is 11.7 Å². The summed E-state index contributed by atoms with van der Waals surface area (Å²) in [6, 6.07) is 7.98. The van der Waals surface area contributed by atoms with Crippen LogP contribution in [0.1, 0.15) is 17.2 Å². The molecule has 0 saturated carbocycles. The number of thioether (sulfide) groups is 1. The minimum atomic E-state index is 0.238. The van der Waals surface area contributed by atoms with E-state index in [1.165, 1.54) is 5.56 Å². The van der Waals surface area contributed by atoms with Crippen molar-refractivity contribution >= 4 is 11.8 Å². The molecule has 0 saturated heterocycles. The van der Waals surface area contributed by atoms with Crippen molar-refractivity contribution in [2.75, 3.05) is 26.0 Å². The van der Waals surface area contributed by atoms with Crippen LogP contribution in [0.15, 0.2) is 24.3 Å². The molecular formula is C12H19NO2S. The molecule has 16 heavy (non-hydrogen) atoms. The molecule has 1 aromatic carbocycles. The number of rotatable bonds is 7. The lowest BCUT2D eigenvalue weighted by molar-refractivity contribution is 0.296. The molecule has 90 valence electrons. The molecule has 0 radical (unpaired) electrons. The monoisotopic (exact) mass is 241 g/mol. The van der Waals surface area contributed by atoms with Crippen molar-refractivity contribution in [2.24, 2.45) is 5.73 Å². The Morgan fingerprint density at radius 1 is 1.50 bits per heavy atom. The van der Waals surface area contributed by atoms with Crippen molar-refractivity contribution in [1.82, 2.24) is 0 Å². The van der Waals surface area contributed by atoms with E-state index in [2.05, 4.69) is 6.07 Å². The summed E-state index contributed by atoms with van der Waals surface area (Å²) < 4.78 is 5.19. The van der Waals surface area contributed by atoms with Gasteiger partial charge in [-0.25, -0.2) is 0 Å². The van der Waals surface area contributed by atoms with Crippen LogP contribution in [0.4, 0.5) is 0 Å². The summed E-state index contributed by atoms with van der Waals surface area (Å²) in [5.74, 6) is 1.79. The van der Waals surface area contributed by atoms with E-state index in [1.807, 2.05) is 18.2 Å². The molecule has 3 nitrogen and oxygen atoms in total. The molecule has 0 fully saturated rings. The van der Waals surface area contributed by atoms with E-state index in [0.717, 1.165) is 17.9 Å². The zero-order valence-corrected chi connectivity index (χ0v) is 10.4. The predicted octanol–water partition coefficient (Wildman–Crippen LogP) is 1.81. The Morgan fingerprint density at radius 3 is 2.94 bits per heavy atom. The molecule has 0 aromatic heterocycles. The topological polar surface area (TPSA) is 55.5 Å². The largest absolute Gasteiger partial charge is 0.497 e. The molecule has 1 rings (SSSR count). The summed E-state index contributed by atoms with van der Waals surface area (Å²) in [6.07, 6.45) is 0.811. The lowest BCUT2D eigenvalue weighted by Crippen LogP contribution is -2.10. The van der Waals surface area contributed by atoms with Gasteiger partial charge in [0.2, 0.25) is 0 Å². The zero-order chi connectivity index (χ0) is 11.8. The van der Waals surface area contributed by atoms with Gasteiger partial charge >= 0.3 is 0 Å². The Hall–Kier alpha value is -0.710. The van der Waals surface area contributed by atoms with Gasteiger partial charge in [-0.15, -0.1) is 0 Å². The second kappa shape index (κ2) is 7.54. The highest BCUT2D eigenvalue weighted by atomic mass is 32.2. The molecule has 0 heterocycles. The number of aliphatic hydroxyl groups is 1. The lowest BCUT2D eigenvalue weighted by Gasteiger charge is -2.15. The quantitative estimate of drug-likeness (QED) is 0.715. The summed E-state index contributed by atoms with van der Waals surface area (Å²) in [7, 11) is 1.66. The van der Waals surface area contributed by atoms with E-state index < -0.39 is 0 Å². The number of aliphatic hydroxyl groups excluding tert-OH is 1. The predicted molar refractivity (Wildman–Crippen MR) is 69.0 cm³/mol. The molecule has 0 amide bonds. The Labute approximate surface area is 101 Å². The van der Waals surface area contributed by atoms with Crippen LogP contribution in [0, 0.1) is 0 Å². The van der Waals surface area contributed by atoms with E-state index in [4.69, 9.17) is 15.6 Å². The summed E-state index contributed by atoms with van der Waals surface area (Å²) in [4.78, 5) is 0. The maximum absolute atomic E-state index is 8.74. The highest BCUT2D eigenvalue weighted by Crippen LogP contribution is 2.30. The van der Waals surface area contributed by atoms with E-state index in [9.17, 15) is 0 Å². The second-order valence-electron chi connectivity index (χ2n) is 3.45. The molecule has 0 aliphatic heterocycles. The molecule has 0 aliphatic rings. The Morgan fingerprint density at radius 2 is 2.31 bits per heavy atom. The smallest absolute Gasteiger partial charge is 0.119 e. The van der Waals surface area contributed by atoms with Crippen molar-refractivity contribution in [3.05, 3.63) is 29.8 Å². The number of hydrogen-bond acceptors (Lipinski definition) is 4. The number of nitrogens with two attached hydrogens (primary N) is 1. The van der Waals surface area contributed by atoms with Gasteiger partial charge in [0, 0.05) is 18.4 Å². The fraction of sp³-hybridized carbons (Fsp3) is 0.500. The zero-order valence-electron chi connectivity index (χ0n) is 9.56. The molecule has 4 heteroatoms. The SMILES string of the molecule is COc1cccc(C(CN)SCCCO)c1. The first-order chi connectivity index (χ1) is 7.81. The van der Waals surface area contributed by atoms with Gasteiger partial charge in [-0.2, -0.15) is 11.8 Å². The molecular weight excluding hydrogens is 222 g/mol. The van der Waals surface area contributed by atoms with Crippen molar-refractivity contribution in [3.63, 3.8) is 0 Å². The van der Waals surface area contributed by atoms with Crippen molar-refractivity contribution in [3.8, 4) is 5.75 Å². The molecule has 0 bridgehead atoms. The van der Waals surface area contributed by atoms with Gasteiger partial charge in [0.05, 0.1) is 7.11 Å². The van der Waals surface area contributed by atoms with Crippen LogP contribution in [0.3, 0.4) is 0 Å². The van der Waals surface area contributed by atoms with Gasteiger partial charge in [0.15, 0.2) is 0 Å². The van der Waals surface area contributed by atoms with Crippen molar-refractivity contribution < 1.29 is 9.84 Å². The van der Waals surface area contributed by atoms with Gasteiger partial charge in [-0.3, -0.25) is 0 Å². The van der Waals surface area contributed by atoms with Crippen LogP contribution in [0.25, 0.3) is 0 Å². The van der Waals surface area contributed by atoms with Gasteiger partial charge in [-0.1, -0.05) is 12.1 Å². The Kier molecular flexibility index (Phi) is 6.30. The summed E-state index contributed by atoms with van der Waals surface area (Å²) in [5, 5.41) is 9.02. The van der Waals surface area contributed by atoms with Gasteiger partial charge in [0.1, 0.15) is 5.75 Å². The van der Waals surface area contributed by atoms with Gasteiger partial charge in [-0.05, 0) is 29.9 Å². The summed E-state index contributed by atoms with van der Waals surface area (Å²) in [5.41, 5.74) is 6.94. The summed E-state index contributed by atoms with van der Waals surface area (Å²) >= 11 is 1.78. The van der Waals surface area contributed by atoms with Crippen LogP contribution in [0.2, 0.25) is 0 Å². The highest BCUT2D eigenvalue weighted by Gasteiger charge is 2.10. The molecule has 0 aliphatic carbocycles. The third kappa shape index (κ3) is 4.04. The number of hydrogen-bond donors (Lipinski definition) is 2. The fourth-order valence-corrected chi connectivity index (χ4v) is 2.49. The minimum Gasteiger partial charge on any atom is -0.497 e. The molecule has 1 unspecified atom stereocenters. The number of benzene rings is 1. The molecule has 0 spiro atoms. The van der Waals surface area contributed by atoms with Gasteiger partial charge < -0.3 is 15.6 Å². The maximum Gasteiger partial charge on any atom is 0.119 e. The highest BCUT2D eigenvalue weighted by molar-refractivity contribution is 7.99. The first-order valence-electron chi connectivity index (χ1n) is 5.38. The summed E-state index contributed by atoms with van der Waals surface area (Å²) in [6.45, 7) is 0.839. The van der Waals surface area contributed by atoms with Crippen LogP contribution >= 0.6 is 11.8 Å². The minimum absolute atomic E-state index is 0.238. The van der Waals surface area contributed by atoms with E-state index in [1.54, 1.807) is 18.9 Å². The normalized spacial score (nSPS) is 12.4. The van der Waals surface area contributed by atoms with Crippen LogP contribution in [-0.4, -0.2) is 31.1 Å². The van der Waals surface area contributed by atoms with Crippen LogP contribution < -0.4 is 10.5 Å². The van der Waals surface area contributed by atoms with Gasteiger partial charge in [0.25, 0.3) is 0 Å². The molecule has 1 aromatic rings. The number of methoxy groups -OCH3 is 1.